The molecule has 0 radical (unpaired) electrons. The smallest absolute Gasteiger partial charge is 0.386 e. The number of halogens is 3. The molecule has 1 aromatic carbocycles. The standard InChI is InChI=1S/C10H19F3.C8H4O3/c1-2-3-4-5-6-7-8-9-10(11,12)13;9-7-5-3-1-2-4-6(5)8(10)11-7/h2-9H2,1H3;1-4H. The fourth-order valence-corrected chi connectivity index (χ4v) is 2.32. The maximum atomic E-state index is 11.7. The van der Waals surface area contributed by atoms with Crippen LogP contribution in [0.4, 0.5) is 13.2 Å². The summed E-state index contributed by atoms with van der Waals surface area (Å²) in [5.74, 6) is -1.10. The van der Waals surface area contributed by atoms with E-state index in [0.29, 0.717) is 17.5 Å². The number of esters is 2. The highest BCUT2D eigenvalue weighted by Crippen LogP contribution is 2.23. The van der Waals surface area contributed by atoms with Crippen LogP contribution in [0, 0.1) is 0 Å². The molecule has 24 heavy (non-hydrogen) atoms. The first-order valence-corrected chi connectivity index (χ1v) is 8.27. The van der Waals surface area contributed by atoms with Crippen LogP contribution in [-0.4, -0.2) is 18.1 Å². The number of unbranched alkanes of at least 4 members (excludes halogenated alkanes) is 6. The number of hydrogen-bond acceptors (Lipinski definition) is 3. The normalized spacial score (nSPS) is 13.2. The Balaban J connectivity index is 0.000000242. The minimum atomic E-state index is -3.95. The molecule has 1 aliphatic rings. The molecule has 0 saturated heterocycles. The van der Waals surface area contributed by atoms with Crippen LogP contribution in [0.2, 0.25) is 0 Å². The van der Waals surface area contributed by atoms with Crippen molar-refractivity contribution in [3.63, 3.8) is 0 Å². The Bertz CT molecular complexity index is 506. The summed E-state index contributed by atoms with van der Waals surface area (Å²) in [6, 6.07) is 6.53. The molecule has 1 heterocycles. The van der Waals surface area contributed by atoms with E-state index in [4.69, 9.17) is 0 Å². The second-order valence-corrected chi connectivity index (χ2v) is 5.71. The maximum Gasteiger partial charge on any atom is 0.389 e. The SMILES string of the molecule is CCCCCCCCCC(F)(F)F.O=C1OC(=O)c2ccccc21. The lowest BCUT2D eigenvalue weighted by atomic mass is 10.1. The number of alkyl halides is 3. The molecule has 0 aliphatic carbocycles. The first-order chi connectivity index (χ1) is 11.3. The molecule has 0 aromatic heterocycles. The summed E-state index contributed by atoms with van der Waals surface area (Å²) < 4.78 is 39.4. The predicted octanol–water partition coefficient (Wildman–Crippen LogP) is 5.69. The fourth-order valence-electron chi connectivity index (χ4n) is 2.32. The number of rotatable bonds is 7. The van der Waals surface area contributed by atoms with Crippen molar-refractivity contribution in [1.82, 2.24) is 0 Å². The van der Waals surface area contributed by atoms with Crippen LogP contribution in [0.1, 0.15) is 79.0 Å². The van der Waals surface area contributed by atoms with Gasteiger partial charge in [-0.3, -0.25) is 0 Å². The van der Waals surface area contributed by atoms with Crippen LogP contribution in [-0.2, 0) is 4.74 Å². The second kappa shape index (κ2) is 10.1. The molecule has 2 rings (SSSR count). The van der Waals surface area contributed by atoms with Crippen LogP contribution >= 0.6 is 0 Å². The average molecular weight is 344 g/mol. The zero-order chi connectivity index (χ0) is 18.0. The topological polar surface area (TPSA) is 43.4 Å². The number of hydrogen-bond donors (Lipinski definition) is 0. The summed E-state index contributed by atoms with van der Waals surface area (Å²) in [6.45, 7) is 2.13. The van der Waals surface area contributed by atoms with Crippen molar-refractivity contribution in [3.05, 3.63) is 35.4 Å². The Morgan fingerprint density at radius 3 is 1.75 bits per heavy atom. The number of carbonyl (C=O) groups is 2. The Morgan fingerprint density at radius 2 is 1.29 bits per heavy atom. The molecule has 0 spiro atoms. The number of ether oxygens (including phenoxy) is 1. The largest absolute Gasteiger partial charge is 0.389 e. The van der Waals surface area contributed by atoms with Gasteiger partial charge in [-0.1, -0.05) is 57.6 Å². The third kappa shape index (κ3) is 7.62. The fraction of sp³-hybridized carbons (Fsp3) is 0.556. The maximum absolute atomic E-state index is 11.7. The number of cyclic esters (lactones) is 2. The van der Waals surface area contributed by atoms with Gasteiger partial charge in [0.15, 0.2) is 0 Å². The first kappa shape index (κ1) is 20.2. The number of benzene rings is 1. The average Bonchev–Trinajstić information content (AvgIpc) is 2.81. The lowest BCUT2D eigenvalue weighted by Crippen LogP contribution is -2.06. The number of carbonyl (C=O) groups excluding carboxylic acids is 2. The molecule has 3 nitrogen and oxygen atoms in total. The van der Waals surface area contributed by atoms with Crippen LogP contribution in [0.15, 0.2) is 24.3 Å². The summed E-state index contributed by atoms with van der Waals surface area (Å²) in [4.78, 5) is 21.7. The van der Waals surface area contributed by atoms with Crippen LogP contribution in [0.3, 0.4) is 0 Å². The highest BCUT2D eigenvalue weighted by Gasteiger charge is 2.28. The Labute approximate surface area is 140 Å². The Kier molecular flexibility index (Phi) is 8.50. The zero-order valence-electron chi connectivity index (χ0n) is 13.8. The van der Waals surface area contributed by atoms with Gasteiger partial charge >= 0.3 is 18.1 Å². The summed E-state index contributed by atoms with van der Waals surface area (Å²) in [5, 5.41) is 0. The van der Waals surface area contributed by atoms with Crippen molar-refractivity contribution in [1.29, 1.82) is 0 Å². The Hall–Kier alpha value is -1.85. The molecule has 0 amide bonds. The summed E-state index contributed by atoms with van der Waals surface area (Å²) in [7, 11) is 0. The molecule has 0 saturated carbocycles. The van der Waals surface area contributed by atoms with Gasteiger partial charge in [0.1, 0.15) is 0 Å². The van der Waals surface area contributed by atoms with Gasteiger partial charge in [-0.25, -0.2) is 9.59 Å². The lowest BCUT2D eigenvalue weighted by Gasteiger charge is -2.05. The van der Waals surface area contributed by atoms with Gasteiger partial charge in [0.2, 0.25) is 0 Å². The van der Waals surface area contributed by atoms with Gasteiger partial charge in [-0.05, 0) is 18.6 Å². The highest BCUT2D eigenvalue weighted by atomic mass is 19.4. The molecule has 0 bridgehead atoms. The third-order valence-electron chi connectivity index (χ3n) is 3.62. The second-order valence-electron chi connectivity index (χ2n) is 5.71. The van der Waals surface area contributed by atoms with Gasteiger partial charge in [-0.15, -0.1) is 0 Å². The number of fused-ring (bicyclic) bond motifs is 1. The minimum absolute atomic E-state index is 0.301. The summed E-state index contributed by atoms with van der Waals surface area (Å²) >= 11 is 0. The predicted molar refractivity (Wildman–Crippen MR) is 84.9 cm³/mol. The summed E-state index contributed by atoms with van der Waals surface area (Å²) in [5.41, 5.74) is 0.718. The van der Waals surface area contributed by atoms with E-state index in [1.165, 1.54) is 19.3 Å². The molecule has 134 valence electrons. The molecule has 1 aliphatic heterocycles. The van der Waals surface area contributed by atoms with Crippen LogP contribution < -0.4 is 0 Å². The quantitative estimate of drug-likeness (QED) is 0.363. The lowest BCUT2D eigenvalue weighted by molar-refractivity contribution is -0.135. The van der Waals surface area contributed by atoms with Gasteiger partial charge < -0.3 is 4.74 Å². The Morgan fingerprint density at radius 1 is 0.833 bits per heavy atom. The van der Waals surface area contributed by atoms with E-state index in [9.17, 15) is 22.8 Å². The molecule has 0 unspecified atom stereocenters. The van der Waals surface area contributed by atoms with E-state index in [1.807, 2.05) is 0 Å². The zero-order valence-corrected chi connectivity index (χ0v) is 13.8. The van der Waals surface area contributed by atoms with Crippen molar-refractivity contribution >= 4 is 11.9 Å². The van der Waals surface area contributed by atoms with E-state index < -0.39 is 24.5 Å². The van der Waals surface area contributed by atoms with E-state index in [1.54, 1.807) is 24.3 Å². The van der Waals surface area contributed by atoms with Gasteiger partial charge in [0.05, 0.1) is 11.1 Å². The molecule has 0 fully saturated rings. The molecular formula is C18H23F3O3. The molecular weight excluding hydrogens is 321 g/mol. The van der Waals surface area contributed by atoms with Crippen LogP contribution in [0.25, 0.3) is 0 Å². The van der Waals surface area contributed by atoms with Crippen molar-refractivity contribution in [2.45, 2.75) is 64.5 Å². The third-order valence-corrected chi connectivity index (χ3v) is 3.62. The summed E-state index contributed by atoms with van der Waals surface area (Å²) in [6.07, 6.45) is 2.06. The molecule has 0 N–H and O–H groups in total. The van der Waals surface area contributed by atoms with Crippen molar-refractivity contribution in [2.24, 2.45) is 0 Å². The van der Waals surface area contributed by atoms with Crippen molar-refractivity contribution in [2.75, 3.05) is 0 Å². The van der Waals surface area contributed by atoms with Gasteiger partial charge in [0, 0.05) is 6.42 Å². The van der Waals surface area contributed by atoms with E-state index in [2.05, 4.69) is 11.7 Å². The molecule has 1 aromatic rings. The first-order valence-electron chi connectivity index (χ1n) is 8.27. The van der Waals surface area contributed by atoms with E-state index in [0.717, 1.165) is 19.3 Å². The highest BCUT2D eigenvalue weighted by molar-refractivity contribution is 6.14. The van der Waals surface area contributed by atoms with Crippen molar-refractivity contribution < 1.29 is 27.5 Å². The molecule has 6 heteroatoms. The minimum Gasteiger partial charge on any atom is -0.386 e. The monoisotopic (exact) mass is 344 g/mol. The molecule has 0 atom stereocenters. The van der Waals surface area contributed by atoms with Gasteiger partial charge in [0.25, 0.3) is 0 Å². The van der Waals surface area contributed by atoms with E-state index >= 15 is 0 Å². The van der Waals surface area contributed by atoms with Gasteiger partial charge in [-0.2, -0.15) is 13.2 Å². The van der Waals surface area contributed by atoms with Crippen LogP contribution in [0.5, 0.6) is 0 Å². The van der Waals surface area contributed by atoms with E-state index in [-0.39, 0.29) is 0 Å². The van der Waals surface area contributed by atoms with Crippen molar-refractivity contribution in [3.8, 4) is 0 Å².